The minimum absolute atomic E-state index is 0.130. The van der Waals surface area contributed by atoms with Crippen LogP contribution in [0.3, 0.4) is 0 Å². The molecule has 1 aromatic carbocycles. The fraction of sp³-hybridized carbons (Fsp3) is 0.435. The smallest absolute Gasteiger partial charge is 0.261 e. The number of unbranched alkanes of at least 4 members (excludes halogenated alkanes) is 2. The van der Waals surface area contributed by atoms with Gasteiger partial charge in [0, 0.05) is 35.9 Å². The topological polar surface area (TPSA) is 59.6 Å². The number of halogens is 1. The van der Waals surface area contributed by atoms with Gasteiger partial charge >= 0.3 is 0 Å². The number of anilines is 1. The highest BCUT2D eigenvalue weighted by molar-refractivity contribution is 6.30. The highest BCUT2D eigenvalue weighted by Gasteiger charge is 2.26. The first-order valence-corrected chi connectivity index (χ1v) is 11.1. The molecule has 2 aromatic heterocycles. The van der Waals surface area contributed by atoms with Crippen LogP contribution >= 0.6 is 11.6 Å². The van der Waals surface area contributed by atoms with Crippen molar-refractivity contribution in [3.05, 3.63) is 51.9 Å². The summed E-state index contributed by atoms with van der Waals surface area (Å²) in [5.74, 6) is 1.42. The number of carbonyl (C=O) groups excluding carboxylic acids is 1. The first-order chi connectivity index (χ1) is 14.6. The summed E-state index contributed by atoms with van der Waals surface area (Å²) in [5, 5.41) is 0.661. The molecule has 1 atom stereocenters. The number of piperidine rings is 1. The summed E-state index contributed by atoms with van der Waals surface area (Å²) < 4.78 is 3.72. The Balaban J connectivity index is 1.86. The molecule has 1 saturated heterocycles. The average molecular weight is 427 g/mol. The van der Waals surface area contributed by atoms with Crippen LogP contribution in [-0.2, 0) is 11.3 Å². The molecular weight excluding hydrogens is 400 g/mol. The van der Waals surface area contributed by atoms with E-state index in [-0.39, 0.29) is 11.6 Å². The van der Waals surface area contributed by atoms with Gasteiger partial charge in [-0.15, -0.1) is 0 Å². The van der Waals surface area contributed by atoms with Gasteiger partial charge in [-0.25, -0.2) is 4.98 Å². The second-order valence-corrected chi connectivity index (χ2v) is 8.33. The predicted octanol–water partition coefficient (Wildman–Crippen LogP) is 4.56. The molecule has 3 heterocycles. The molecular formula is C23H27ClN4O2. The SMILES string of the molecule is CCCCCn1c(N2CCCCC2C=O)cc(=O)n2cc(-c3ccc(Cl)cc3)nc12. The van der Waals surface area contributed by atoms with Gasteiger partial charge in [-0.2, -0.15) is 0 Å². The number of nitrogens with zero attached hydrogens (tertiary/aromatic N) is 4. The van der Waals surface area contributed by atoms with Crippen molar-refractivity contribution in [2.75, 3.05) is 11.4 Å². The Morgan fingerprint density at radius 1 is 1.20 bits per heavy atom. The molecule has 3 aromatic rings. The van der Waals surface area contributed by atoms with Gasteiger partial charge in [0.05, 0.1) is 11.7 Å². The second kappa shape index (κ2) is 9.04. The average Bonchev–Trinajstić information content (AvgIpc) is 3.22. The van der Waals surface area contributed by atoms with E-state index in [9.17, 15) is 9.59 Å². The minimum Gasteiger partial charge on any atom is -0.348 e. The van der Waals surface area contributed by atoms with E-state index in [1.54, 1.807) is 16.7 Å². The maximum Gasteiger partial charge on any atom is 0.261 e. The first kappa shape index (κ1) is 20.7. The maximum atomic E-state index is 13.0. The molecule has 30 heavy (non-hydrogen) atoms. The van der Waals surface area contributed by atoms with Crippen molar-refractivity contribution >= 4 is 29.5 Å². The summed E-state index contributed by atoms with van der Waals surface area (Å²) >= 11 is 6.02. The Kier molecular flexibility index (Phi) is 6.23. The molecule has 4 rings (SSSR count). The molecule has 1 aliphatic rings. The van der Waals surface area contributed by atoms with E-state index in [0.717, 1.165) is 75.0 Å². The first-order valence-electron chi connectivity index (χ1n) is 10.7. The molecule has 0 amide bonds. The summed E-state index contributed by atoms with van der Waals surface area (Å²) in [4.78, 5) is 31.6. The summed E-state index contributed by atoms with van der Waals surface area (Å²) in [7, 11) is 0. The highest BCUT2D eigenvalue weighted by atomic mass is 35.5. The summed E-state index contributed by atoms with van der Waals surface area (Å²) in [5.41, 5.74) is 1.51. The van der Waals surface area contributed by atoms with E-state index < -0.39 is 0 Å². The summed E-state index contributed by atoms with van der Waals surface area (Å²) in [6.45, 7) is 3.70. The molecule has 1 fully saturated rings. The lowest BCUT2D eigenvalue weighted by Gasteiger charge is -2.35. The molecule has 7 heteroatoms. The van der Waals surface area contributed by atoms with Crippen LogP contribution < -0.4 is 10.5 Å². The fourth-order valence-electron chi connectivity index (χ4n) is 4.20. The van der Waals surface area contributed by atoms with Gasteiger partial charge in [0.2, 0.25) is 5.78 Å². The molecule has 1 aliphatic heterocycles. The van der Waals surface area contributed by atoms with Gasteiger partial charge in [-0.1, -0.05) is 43.5 Å². The number of aldehydes is 1. The Morgan fingerprint density at radius 2 is 2.00 bits per heavy atom. The standard InChI is InChI=1S/C23H27ClN4O2/c1-2-3-5-13-27-21(26-12-6-4-7-19(26)16-29)14-22(30)28-15-20(25-23(27)28)17-8-10-18(24)11-9-17/h8-11,14-16,19H,2-7,12-13H2,1H3. The minimum atomic E-state index is -0.191. The molecule has 0 aliphatic carbocycles. The molecule has 1 unspecified atom stereocenters. The van der Waals surface area contributed by atoms with E-state index in [0.29, 0.717) is 10.8 Å². The third-order valence-electron chi connectivity index (χ3n) is 5.82. The lowest BCUT2D eigenvalue weighted by atomic mass is 10.0. The van der Waals surface area contributed by atoms with Crippen molar-refractivity contribution in [3.63, 3.8) is 0 Å². The summed E-state index contributed by atoms with van der Waals surface area (Å²) in [6, 6.07) is 8.93. The van der Waals surface area contributed by atoms with Crippen LogP contribution in [0.2, 0.25) is 5.02 Å². The largest absolute Gasteiger partial charge is 0.348 e. The van der Waals surface area contributed by atoms with Crippen LogP contribution in [0.5, 0.6) is 0 Å². The van der Waals surface area contributed by atoms with Crippen molar-refractivity contribution in [1.29, 1.82) is 0 Å². The second-order valence-electron chi connectivity index (χ2n) is 7.90. The van der Waals surface area contributed by atoms with E-state index >= 15 is 0 Å². The van der Waals surface area contributed by atoms with Crippen molar-refractivity contribution in [3.8, 4) is 11.3 Å². The maximum absolute atomic E-state index is 13.0. The number of hydrogen-bond acceptors (Lipinski definition) is 4. The Morgan fingerprint density at radius 3 is 2.73 bits per heavy atom. The molecule has 0 bridgehead atoms. The Bertz CT molecular complexity index is 1090. The quantitative estimate of drug-likeness (QED) is 0.410. The predicted molar refractivity (Wildman–Crippen MR) is 120 cm³/mol. The van der Waals surface area contributed by atoms with E-state index in [4.69, 9.17) is 16.6 Å². The highest BCUT2D eigenvalue weighted by Crippen LogP contribution is 2.27. The normalized spacial score (nSPS) is 16.9. The number of rotatable bonds is 7. The van der Waals surface area contributed by atoms with Crippen LogP contribution in [-0.4, -0.2) is 32.8 Å². The van der Waals surface area contributed by atoms with Gasteiger partial charge in [0.25, 0.3) is 5.56 Å². The molecule has 0 saturated carbocycles. The lowest BCUT2D eigenvalue weighted by Crippen LogP contribution is -2.43. The molecule has 0 spiro atoms. The zero-order chi connectivity index (χ0) is 21.1. The van der Waals surface area contributed by atoms with Crippen LogP contribution in [0.25, 0.3) is 17.0 Å². The van der Waals surface area contributed by atoms with Gasteiger partial charge in [0.1, 0.15) is 12.1 Å². The van der Waals surface area contributed by atoms with Crippen molar-refractivity contribution in [1.82, 2.24) is 14.0 Å². The lowest BCUT2D eigenvalue weighted by molar-refractivity contribution is -0.109. The third kappa shape index (κ3) is 4.01. The third-order valence-corrected chi connectivity index (χ3v) is 6.07. The zero-order valence-electron chi connectivity index (χ0n) is 17.3. The fourth-order valence-corrected chi connectivity index (χ4v) is 4.32. The van der Waals surface area contributed by atoms with Crippen molar-refractivity contribution < 1.29 is 4.79 Å². The number of carbonyl (C=O) groups is 1. The van der Waals surface area contributed by atoms with Gasteiger partial charge in [-0.3, -0.25) is 13.8 Å². The van der Waals surface area contributed by atoms with Gasteiger partial charge in [0.15, 0.2) is 0 Å². The van der Waals surface area contributed by atoms with E-state index in [2.05, 4.69) is 16.4 Å². The molecule has 0 N–H and O–H groups in total. The molecule has 158 valence electrons. The van der Waals surface area contributed by atoms with Crippen LogP contribution in [0.1, 0.15) is 45.4 Å². The summed E-state index contributed by atoms with van der Waals surface area (Å²) in [6.07, 6.45) is 8.86. The number of hydrogen-bond donors (Lipinski definition) is 0. The van der Waals surface area contributed by atoms with Crippen LogP contribution in [0.4, 0.5) is 5.82 Å². The number of imidazole rings is 1. The van der Waals surface area contributed by atoms with Crippen molar-refractivity contribution in [2.24, 2.45) is 0 Å². The Labute approximate surface area is 181 Å². The van der Waals surface area contributed by atoms with Gasteiger partial charge < -0.3 is 9.69 Å². The van der Waals surface area contributed by atoms with Crippen molar-refractivity contribution in [2.45, 2.75) is 58.0 Å². The molecule has 6 nitrogen and oxygen atoms in total. The van der Waals surface area contributed by atoms with E-state index in [1.165, 1.54) is 0 Å². The number of aryl methyl sites for hydroxylation is 1. The van der Waals surface area contributed by atoms with Gasteiger partial charge in [-0.05, 0) is 37.8 Å². The van der Waals surface area contributed by atoms with Crippen LogP contribution in [0.15, 0.2) is 41.3 Å². The number of aromatic nitrogens is 3. The number of fused-ring (bicyclic) bond motifs is 1. The zero-order valence-corrected chi connectivity index (χ0v) is 18.0. The number of benzene rings is 1. The van der Waals surface area contributed by atoms with Crippen LogP contribution in [0, 0.1) is 0 Å². The van der Waals surface area contributed by atoms with E-state index in [1.807, 2.05) is 24.3 Å². The Hall–Kier alpha value is -2.60. The monoisotopic (exact) mass is 426 g/mol. The molecule has 0 radical (unpaired) electrons.